The standard InChI is InChI=1S/C16H20BrN5O3S2/c1-2-21(11-7-8-27(24,25)10-11)14(23)9-26-16-20-19-15(22(16)18)12-5-3-4-6-13(12)17/h3-6,11H,2,7-10,18H2,1H3. The Bertz CT molecular complexity index is 947. The zero-order valence-corrected chi connectivity index (χ0v) is 17.9. The van der Waals surface area contributed by atoms with Crippen LogP contribution < -0.4 is 5.84 Å². The zero-order valence-electron chi connectivity index (χ0n) is 14.7. The average Bonchev–Trinajstić information content (AvgIpc) is 3.16. The molecular weight excluding hydrogens is 454 g/mol. The van der Waals surface area contributed by atoms with Crippen molar-refractivity contribution in [3.05, 3.63) is 28.7 Å². The molecule has 1 saturated heterocycles. The van der Waals surface area contributed by atoms with E-state index in [4.69, 9.17) is 5.84 Å². The fourth-order valence-electron chi connectivity index (χ4n) is 3.07. The summed E-state index contributed by atoms with van der Waals surface area (Å²) in [5, 5.41) is 8.61. The first-order valence-corrected chi connectivity index (χ1v) is 12.0. The Hall–Kier alpha value is -1.59. The SMILES string of the molecule is CCN(C(=O)CSc1nnc(-c2ccccc2Br)n1N)C1CCS(=O)(=O)C1. The summed E-state index contributed by atoms with van der Waals surface area (Å²) in [5.41, 5.74) is 0.803. The number of nitrogens with two attached hydrogens (primary N) is 1. The van der Waals surface area contributed by atoms with Crippen LogP contribution in [0.2, 0.25) is 0 Å². The summed E-state index contributed by atoms with van der Waals surface area (Å²) in [4.78, 5) is 14.2. The number of carbonyl (C=O) groups excluding carboxylic acids is 1. The van der Waals surface area contributed by atoms with Crippen LogP contribution in [0.4, 0.5) is 0 Å². The first kappa shape index (κ1) is 20.2. The molecule has 1 aliphatic rings. The number of thioether (sulfide) groups is 1. The zero-order chi connectivity index (χ0) is 19.6. The van der Waals surface area contributed by atoms with Gasteiger partial charge in [-0.3, -0.25) is 4.79 Å². The maximum Gasteiger partial charge on any atom is 0.233 e. The summed E-state index contributed by atoms with van der Waals surface area (Å²) in [6.45, 7) is 2.32. The number of nitrogen functional groups attached to an aromatic ring is 1. The Balaban J connectivity index is 1.68. The van der Waals surface area contributed by atoms with E-state index in [-0.39, 0.29) is 29.2 Å². The topological polar surface area (TPSA) is 111 Å². The molecule has 1 aromatic heterocycles. The number of rotatable bonds is 6. The highest BCUT2D eigenvalue weighted by molar-refractivity contribution is 9.10. The van der Waals surface area contributed by atoms with E-state index in [0.717, 1.165) is 10.0 Å². The lowest BCUT2D eigenvalue weighted by Gasteiger charge is -2.26. The summed E-state index contributed by atoms with van der Waals surface area (Å²) < 4.78 is 25.6. The molecule has 1 aliphatic heterocycles. The lowest BCUT2D eigenvalue weighted by Crippen LogP contribution is -2.42. The number of aromatic nitrogens is 3. The number of carbonyl (C=O) groups is 1. The van der Waals surface area contributed by atoms with Crippen molar-refractivity contribution in [3.8, 4) is 11.4 Å². The number of nitrogens with zero attached hydrogens (tertiary/aromatic N) is 4. The fraction of sp³-hybridized carbons (Fsp3) is 0.438. The largest absolute Gasteiger partial charge is 0.338 e. The van der Waals surface area contributed by atoms with Crippen molar-refractivity contribution in [2.75, 3.05) is 29.6 Å². The van der Waals surface area contributed by atoms with Gasteiger partial charge in [-0.25, -0.2) is 13.1 Å². The average molecular weight is 474 g/mol. The number of amides is 1. The van der Waals surface area contributed by atoms with Gasteiger partial charge in [-0.2, -0.15) is 0 Å². The van der Waals surface area contributed by atoms with Crippen molar-refractivity contribution in [2.45, 2.75) is 24.5 Å². The molecule has 1 atom stereocenters. The Morgan fingerprint density at radius 1 is 1.41 bits per heavy atom. The third-order valence-electron chi connectivity index (χ3n) is 4.41. The van der Waals surface area contributed by atoms with E-state index in [2.05, 4.69) is 26.1 Å². The summed E-state index contributed by atoms with van der Waals surface area (Å²) >= 11 is 4.65. The molecule has 1 amide bonds. The van der Waals surface area contributed by atoms with E-state index in [1.807, 2.05) is 31.2 Å². The maximum absolute atomic E-state index is 12.6. The van der Waals surface area contributed by atoms with E-state index in [9.17, 15) is 13.2 Å². The smallest absolute Gasteiger partial charge is 0.233 e. The molecule has 1 unspecified atom stereocenters. The van der Waals surface area contributed by atoms with Gasteiger partial charge in [0.05, 0.1) is 17.3 Å². The molecule has 3 rings (SSSR count). The van der Waals surface area contributed by atoms with Gasteiger partial charge in [-0.05, 0) is 25.5 Å². The van der Waals surface area contributed by atoms with Crippen LogP contribution in [-0.2, 0) is 14.6 Å². The molecule has 1 fully saturated rings. The molecule has 0 spiro atoms. The lowest BCUT2D eigenvalue weighted by molar-refractivity contribution is -0.129. The van der Waals surface area contributed by atoms with Gasteiger partial charge in [0.2, 0.25) is 11.1 Å². The Labute approximate surface area is 170 Å². The second-order valence-corrected chi connectivity index (χ2v) is 10.2. The minimum atomic E-state index is -3.04. The van der Waals surface area contributed by atoms with Gasteiger partial charge < -0.3 is 10.7 Å². The number of sulfone groups is 1. The molecule has 11 heteroatoms. The van der Waals surface area contributed by atoms with Crippen molar-refractivity contribution in [1.82, 2.24) is 19.8 Å². The molecule has 27 heavy (non-hydrogen) atoms. The molecule has 8 nitrogen and oxygen atoms in total. The molecule has 2 heterocycles. The van der Waals surface area contributed by atoms with Crippen molar-refractivity contribution in [2.24, 2.45) is 0 Å². The summed E-state index contributed by atoms with van der Waals surface area (Å²) in [5.74, 6) is 6.76. The van der Waals surface area contributed by atoms with E-state index < -0.39 is 9.84 Å². The van der Waals surface area contributed by atoms with Crippen LogP contribution in [0.5, 0.6) is 0 Å². The van der Waals surface area contributed by atoms with Crippen LogP contribution in [0.1, 0.15) is 13.3 Å². The highest BCUT2D eigenvalue weighted by Gasteiger charge is 2.33. The minimum Gasteiger partial charge on any atom is -0.338 e. The van der Waals surface area contributed by atoms with E-state index in [1.54, 1.807) is 4.90 Å². The third-order valence-corrected chi connectivity index (χ3v) is 7.78. The van der Waals surface area contributed by atoms with Gasteiger partial charge in [-0.1, -0.05) is 39.8 Å². The van der Waals surface area contributed by atoms with Gasteiger partial charge in [0.15, 0.2) is 15.7 Å². The van der Waals surface area contributed by atoms with Crippen molar-refractivity contribution < 1.29 is 13.2 Å². The lowest BCUT2D eigenvalue weighted by atomic mass is 10.2. The highest BCUT2D eigenvalue weighted by Crippen LogP contribution is 2.28. The minimum absolute atomic E-state index is 0.0382. The second-order valence-electron chi connectivity index (χ2n) is 6.18. The molecule has 2 N–H and O–H groups in total. The molecule has 2 aromatic rings. The van der Waals surface area contributed by atoms with Gasteiger partial charge in [-0.15, -0.1) is 10.2 Å². The predicted octanol–water partition coefficient (Wildman–Crippen LogP) is 1.55. The van der Waals surface area contributed by atoms with Crippen molar-refractivity contribution >= 4 is 43.4 Å². The summed E-state index contributed by atoms with van der Waals surface area (Å²) in [7, 11) is -3.04. The monoisotopic (exact) mass is 473 g/mol. The number of benzene rings is 1. The van der Waals surface area contributed by atoms with Crippen LogP contribution in [0.25, 0.3) is 11.4 Å². The quantitative estimate of drug-likeness (QED) is 0.500. The number of halogens is 1. The third kappa shape index (κ3) is 4.46. The van der Waals surface area contributed by atoms with E-state index in [1.165, 1.54) is 16.4 Å². The Morgan fingerprint density at radius 2 is 2.15 bits per heavy atom. The Morgan fingerprint density at radius 3 is 2.78 bits per heavy atom. The summed E-state index contributed by atoms with van der Waals surface area (Å²) in [6.07, 6.45) is 0.492. The second kappa shape index (κ2) is 8.19. The number of hydrogen-bond donors (Lipinski definition) is 1. The highest BCUT2D eigenvalue weighted by atomic mass is 79.9. The number of hydrogen-bond acceptors (Lipinski definition) is 7. The summed E-state index contributed by atoms with van der Waals surface area (Å²) in [6, 6.07) is 7.27. The molecule has 146 valence electrons. The van der Waals surface area contributed by atoms with Crippen LogP contribution in [0, 0.1) is 0 Å². The first-order chi connectivity index (χ1) is 12.8. The van der Waals surface area contributed by atoms with E-state index >= 15 is 0 Å². The van der Waals surface area contributed by atoms with Gasteiger partial charge in [0.1, 0.15) is 0 Å². The Kier molecular flexibility index (Phi) is 6.11. The molecule has 0 aliphatic carbocycles. The van der Waals surface area contributed by atoms with Crippen molar-refractivity contribution in [3.63, 3.8) is 0 Å². The van der Waals surface area contributed by atoms with Crippen LogP contribution in [0.15, 0.2) is 33.9 Å². The maximum atomic E-state index is 12.6. The van der Waals surface area contributed by atoms with Gasteiger partial charge >= 0.3 is 0 Å². The van der Waals surface area contributed by atoms with E-state index in [0.29, 0.717) is 23.9 Å². The molecule has 0 bridgehead atoms. The van der Waals surface area contributed by atoms with Gasteiger partial charge in [0, 0.05) is 22.6 Å². The van der Waals surface area contributed by atoms with Crippen molar-refractivity contribution in [1.29, 1.82) is 0 Å². The van der Waals surface area contributed by atoms with Crippen LogP contribution in [-0.4, -0.2) is 63.9 Å². The molecule has 0 saturated carbocycles. The predicted molar refractivity (Wildman–Crippen MR) is 108 cm³/mol. The normalized spacial score (nSPS) is 18.5. The molecule has 0 radical (unpaired) electrons. The molecular formula is C16H20BrN5O3S2. The van der Waals surface area contributed by atoms with Crippen LogP contribution in [0.3, 0.4) is 0 Å². The molecule has 1 aromatic carbocycles. The van der Waals surface area contributed by atoms with Crippen LogP contribution >= 0.6 is 27.7 Å². The fourth-order valence-corrected chi connectivity index (χ4v) is 6.01. The van der Waals surface area contributed by atoms with Gasteiger partial charge in [0.25, 0.3) is 0 Å². The first-order valence-electron chi connectivity index (χ1n) is 8.40.